The van der Waals surface area contributed by atoms with Crippen molar-refractivity contribution in [2.75, 3.05) is 39.6 Å². The van der Waals surface area contributed by atoms with Crippen LogP contribution in [0.5, 0.6) is 0 Å². The predicted octanol–water partition coefficient (Wildman–Crippen LogP) is 24.2. The van der Waals surface area contributed by atoms with Gasteiger partial charge in [-0.2, -0.15) is 0 Å². The number of ether oxygens (including phenoxy) is 3. The summed E-state index contributed by atoms with van der Waals surface area (Å²) < 4.78 is 61.2. The first-order valence-corrected chi connectivity index (χ1v) is 43.8. The third-order valence-corrected chi connectivity index (χ3v) is 18.6. The van der Waals surface area contributed by atoms with E-state index in [0.29, 0.717) is 19.3 Å². The van der Waals surface area contributed by atoms with Crippen molar-refractivity contribution in [3.8, 4) is 0 Å². The summed E-state index contributed by atoms with van der Waals surface area (Å²) in [6, 6.07) is 0. The molecule has 0 aromatic carbocycles. The highest BCUT2D eigenvalue weighted by Gasteiger charge is 2.29. The number of phosphoric ester groups is 2. The highest BCUT2D eigenvalue weighted by atomic mass is 31.2. The summed E-state index contributed by atoms with van der Waals surface area (Å²) in [5, 5.41) is 20.7. The molecule has 0 aromatic heterocycles. The molecule has 0 amide bonds. The fourth-order valence-corrected chi connectivity index (χ4v) is 12.1. The molecule has 105 heavy (non-hydrogen) atoms. The molecule has 5 unspecified atom stereocenters. The van der Waals surface area contributed by atoms with Gasteiger partial charge in [-0.3, -0.25) is 32.5 Å². The van der Waals surface area contributed by atoms with Crippen molar-refractivity contribution >= 4 is 33.6 Å². The maximum absolute atomic E-state index is 13.0. The van der Waals surface area contributed by atoms with Gasteiger partial charge in [0.15, 0.2) is 6.10 Å². The average Bonchev–Trinajstić information content (AvgIpc) is 0.940. The van der Waals surface area contributed by atoms with Gasteiger partial charge in [0, 0.05) is 19.3 Å². The maximum Gasteiger partial charge on any atom is 0.472 e. The van der Waals surface area contributed by atoms with E-state index in [1.807, 2.05) is 0 Å². The number of carbonyl (C=O) groups is 3. The lowest BCUT2D eigenvalue weighted by Gasteiger charge is -2.21. The summed E-state index contributed by atoms with van der Waals surface area (Å²) in [7, 11) is -9.82. The van der Waals surface area contributed by atoms with Crippen LogP contribution in [-0.2, 0) is 55.8 Å². The highest BCUT2D eigenvalue weighted by Crippen LogP contribution is 2.45. The Balaban J connectivity index is 4.63. The van der Waals surface area contributed by atoms with Gasteiger partial charge in [0.1, 0.15) is 25.4 Å². The minimum Gasteiger partial charge on any atom is -0.463 e. The van der Waals surface area contributed by atoms with Gasteiger partial charge in [-0.15, -0.1) is 0 Å². The topological polar surface area (TPSA) is 231 Å². The van der Waals surface area contributed by atoms with Crippen molar-refractivity contribution in [1.29, 1.82) is 0 Å². The van der Waals surface area contributed by atoms with Gasteiger partial charge in [0.2, 0.25) is 0 Å². The molecule has 0 saturated heterocycles. The summed E-state index contributed by atoms with van der Waals surface area (Å²) in [4.78, 5) is 58.7. The zero-order chi connectivity index (χ0) is 76.6. The third-order valence-electron chi connectivity index (χ3n) is 16.7. The van der Waals surface area contributed by atoms with Crippen molar-refractivity contribution in [2.24, 2.45) is 0 Å². The van der Waals surface area contributed by atoms with Crippen LogP contribution >= 0.6 is 15.6 Å². The van der Waals surface area contributed by atoms with E-state index in [2.05, 4.69) is 179 Å². The monoisotopic (exact) mass is 1510 g/mol. The molecule has 0 aromatic rings. The number of unbranched alkanes of at least 4 members (excludes halogenated alkanes) is 27. The number of hydrogen-bond acceptors (Lipinski definition) is 14. The first kappa shape index (κ1) is 100. The largest absolute Gasteiger partial charge is 0.472 e. The Morgan fingerprint density at radius 3 is 0.810 bits per heavy atom. The zero-order valence-corrected chi connectivity index (χ0v) is 67.4. The third kappa shape index (κ3) is 80.0. The second kappa shape index (κ2) is 78.7. The molecule has 5 atom stereocenters. The molecule has 0 fully saturated rings. The molecule has 16 nitrogen and oxygen atoms in total. The van der Waals surface area contributed by atoms with Crippen LogP contribution in [-0.4, -0.2) is 95.9 Å². The molecule has 0 bridgehead atoms. The van der Waals surface area contributed by atoms with Gasteiger partial charge in [0.25, 0.3) is 0 Å². The van der Waals surface area contributed by atoms with Gasteiger partial charge < -0.3 is 34.2 Å². The fourth-order valence-electron chi connectivity index (χ4n) is 10.5. The van der Waals surface area contributed by atoms with Crippen molar-refractivity contribution in [2.45, 2.75) is 334 Å². The normalized spacial score (nSPS) is 14.8. The number of hydrogen-bond donors (Lipinski definition) is 4. The van der Waals surface area contributed by atoms with Crippen LogP contribution in [0.25, 0.3) is 0 Å². The summed E-state index contributed by atoms with van der Waals surface area (Å²) in [6.07, 6.45) is 98.6. The Morgan fingerprint density at radius 1 is 0.276 bits per heavy atom. The number of aliphatic hydroxyl groups is 2. The summed E-state index contributed by atoms with van der Waals surface area (Å²) in [6.45, 7) is 2.45. The van der Waals surface area contributed by atoms with Crippen molar-refractivity contribution in [3.05, 3.63) is 158 Å². The van der Waals surface area contributed by atoms with E-state index in [1.165, 1.54) is 109 Å². The fraction of sp³-hybridized carbons (Fsp3) is 0.667. The number of phosphoric acid groups is 2. The quantitative estimate of drug-likeness (QED) is 0.0146. The number of rotatable bonds is 76. The number of allylic oxidation sites excluding steroid dienone is 26. The summed E-state index contributed by atoms with van der Waals surface area (Å²) >= 11 is 0. The van der Waals surface area contributed by atoms with Crippen LogP contribution in [0.2, 0.25) is 0 Å². The molecule has 0 spiro atoms. The minimum absolute atomic E-state index is 0.0556. The number of carbonyl (C=O) groups excluding carboxylic acids is 3. The second-order valence-corrected chi connectivity index (χ2v) is 29.7. The standard InChI is InChI=1S/C87H146O16P2/c1-4-7-10-13-16-19-22-25-28-31-34-36-37-38-39-40-41-42-43-45-48-49-52-55-58-61-64-67-70-73-85(90)97-76-82(88)77-99-104(93,94)100-78-83(89)79-101-105(95,96)102-81-84(103-87(92)75-72-69-66-63-60-57-54-51-46-33-30-27-24-21-18-15-12-9-6-3)80-98-86(91)74-71-68-65-62-59-56-53-50-47-44-35-32-29-26-23-20-17-14-11-8-5-2/h9,12,16-21,25-30,34-36,38-39,44,46,50-51,53,57,60,82-84,88-89H,4-8,10-11,13-15,22-24,31-33,37,40-43,45,47-49,52,54-56,58-59,61-81H2,1-3H3,(H,93,94)(H,95,96)/b12-9-,19-16-,20-17-,21-18-,28-25-,29-26-,30-27-,36-34-,39-38-,44-35-,51-46-,53-50-,60-57-. The summed E-state index contributed by atoms with van der Waals surface area (Å²) in [5.74, 6) is -1.64. The SMILES string of the molecule is CC/C=C\C/C=C\C/C=C\C/C=C\C/C=C\CCCCCC(=O)OC(COC(=O)CCCCCCC/C=C\C/C=C\C/C=C\C/C=C\CCCCC)COP(=O)(O)OCC(O)COP(=O)(O)OCC(O)COC(=O)CCCCCCCCCCCCCCC/C=C\C/C=C\C/C=C\C/C=C\CCCCC. The van der Waals surface area contributed by atoms with Crippen LogP contribution in [0.3, 0.4) is 0 Å². The molecule has 4 N–H and O–H groups in total. The van der Waals surface area contributed by atoms with Crippen molar-refractivity contribution in [1.82, 2.24) is 0 Å². The van der Waals surface area contributed by atoms with Gasteiger partial charge in [0.05, 0.1) is 26.4 Å². The Hall–Kier alpha value is -4.83. The molecule has 600 valence electrons. The van der Waals surface area contributed by atoms with Crippen LogP contribution in [0, 0.1) is 0 Å². The highest BCUT2D eigenvalue weighted by molar-refractivity contribution is 7.47. The van der Waals surface area contributed by atoms with Crippen LogP contribution < -0.4 is 0 Å². The molecule has 0 aliphatic heterocycles. The number of esters is 3. The Bertz CT molecular complexity index is 2540. The zero-order valence-electron chi connectivity index (χ0n) is 65.6. The maximum atomic E-state index is 13.0. The van der Waals surface area contributed by atoms with Gasteiger partial charge >= 0.3 is 33.6 Å². The smallest absolute Gasteiger partial charge is 0.463 e. The van der Waals surface area contributed by atoms with E-state index < -0.39 is 91.5 Å². The van der Waals surface area contributed by atoms with E-state index in [0.717, 1.165) is 148 Å². The lowest BCUT2D eigenvalue weighted by molar-refractivity contribution is -0.161. The predicted molar refractivity (Wildman–Crippen MR) is 435 cm³/mol. The van der Waals surface area contributed by atoms with Crippen LogP contribution in [0.4, 0.5) is 0 Å². The summed E-state index contributed by atoms with van der Waals surface area (Å²) in [5.41, 5.74) is 0. The van der Waals surface area contributed by atoms with Crippen molar-refractivity contribution in [3.63, 3.8) is 0 Å². The van der Waals surface area contributed by atoms with E-state index in [4.69, 9.17) is 32.3 Å². The van der Waals surface area contributed by atoms with E-state index in [-0.39, 0.29) is 19.3 Å². The molecular formula is C87H146O16P2. The number of aliphatic hydroxyl groups excluding tert-OH is 2. The first-order chi connectivity index (χ1) is 51.2. The first-order valence-electron chi connectivity index (χ1n) is 40.8. The molecule has 0 heterocycles. The minimum atomic E-state index is -4.95. The van der Waals surface area contributed by atoms with E-state index in [1.54, 1.807) is 0 Å². The lowest BCUT2D eigenvalue weighted by atomic mass is 10.0. The van der Waals surface area contributed by atoms with E-state index >= 15 is 0 Å². The van der Waals surface area contributed by atoms with E-state index in [9.17, 15) is 43.5 Å². The molecule has 0 saturated carbocycles. The Morgan fingerprint density at radius 2 is 0.505 bits per heavy atom. The van der Waals surface area contributed by atoms with Gasteiger partial charge in [-0.25, -0.2) is 9.13 Å². The molecule has 0 aliphatic carbocycles. The molecule has 18 heteroatoms. The Kier molecular flexibility index (Phi) is 75.1. The van der Waals surface area contributed by atoms with Crippen LogP contribution in [0.1, 0.15) is 316 Å². The van der Waals surface area contributed by atoms with Gasteiger partial charge in [-0.05, 0) is 154 Å². The van der Waals surface area contributed by atoms with Gasteiger partial charge in [-0.1, -0.05) is 301 Å². The lowest BCUT2D eigenvalue weighted by Crippen LogP contribution is -2.30. The van der Waals surface area contributed by atoms with Crippen LogP contribution in [0.15, 0.2) is 158 Å². The average molecular weight is 1510 g/mol. The molecule has 0 radical (unpaired) electrons. The van der Waals surface area contributed by atoms with Crippen molar-refractivity contribution < 1.29 is 75.8 Å². The molecular weight excluding hydrogens is 1360 g/mol. The molecule has 0 aliphatic rings. The Labute approximate surface area is 638 Å². The second-order valence-electron chi connectivity index (χ2n) is 26.8. The molecule has 0 rings (SSSR count).